The molecule has 0 fully saturated rings. The van der Waals surface area contributed by atoms with Crippen LogP contribution in [-0.4, -0.2) is 10.1 Å². The molecule has 0 aliphatic rings. The Balaban J connectivity index is 0.000000165. The standard InChI is InChI=1S/C13H9NOS.C9H7NO.Be/c15-11-7-3-1-5-9(11)13-14-10-6-2-4-8-12(10)16-13;11-8-5-1-3-7-4-2-6-10-9(7)8;/h1-8,15H;1-6,11H;/q;;+2. The van der Waals surface area contributed by atoms with Crippen LogP contribution < -0.4 is 20.2 Å². The van der Waals surface area contributed by atoms with Gasteiger partial charge in [0, 0.05) is 23.1 Å². The van der Waals surface area contributed by atoms with Crippen LogP contribution in [0.3, 0.4) is 0 Å². The average Bonchev–Trinajstić information content (AvgIpc) is 3.13. The SMILES string of the molecule is [Be+2].[O-]c1cccc2ccc[nH+]c12.[O-]c1ccccc1-c1[nH+]c2ccccc2s1. The first-order chi connectivity index (χ1) is 13.2. The van der Waals surface area contributed by atoms with Crippen molar-refractivity contribution in [3.63, 3.8) is 0 Å². The van der Waals surface area contributed by atoms with Gasteiger partial charge in [0.2, 0.25) is 11.0 Å². The third-order valence-electron chi connectivity index (χ3n) is 4.14. The van der Waals surface area contributed by atoms with Gasteiger partial charge >= 0.3 is 10.1 Å². The van der Waals surface area contributed by atoms with Gasteiger partial charge in [-0.15, -0.1) is 0 Å². The minimum Gasteiger partial charge on any atom is -0.872 e. The Bertz CT molecular complexity index is 1190. The van der Waals surface area contributed by atoms with Gasteiger partial charge in [-0.2, -0.15) is 4.98 Å². The van der Waals surface area contributed by atoms with E-state index in [4.69, 9.17) is 0 Å². The van der Waals surface area contributed by atoms with Gasteiger partial charge in [0.1, 0.15) is 4.70 Å². The molecule has 0 aliphatic heterocycles. The number of benzene rings is 3. The van der Waals surface area contributed by atoms with E-state index in [2.05, 4.69) is 9.97 Å². The van der Waals surface area contributed by atoms with E-state index in [1.54, 1.807) is 41.8 Å². The van der Waals surface area contributed by atoms with Crippen molar-refractivity contribution >= 4 is 42.6 Å². The van der Waals surface area contributed by atoms with Gasteiger partial charge in [-0.25, -0.2) is 4.98 Å². The maximum absolute atomic E-state index is 11.7. The number of hydrogen-bond donors (Lipinski definition) is 0. The van der Waals surface area contributed by atoms with E-state index < -0.39 is 0 Å². The fraction of sp³-hybridized carbons (Fsp3) is 0. The van der Waals surface area contributed by atoms with Gasteiger partial charge in [-0.3, -0.25) is 0 Å². The Morgan fingerprint density at radius 3 is 2.21 bits per heavy atom. The van der Waals surface area contributed by atoms with Crippen LogP contribution in [0.2, 0.25) is 0 Å². The average molecular weight is 381 g/mol. The van der Waals surface area contributed by atoms with Crippen molar-refractivity contribution in [3.05, 3.63) is 85.1 Å². The molecule has 6 heteroatoms. The van der Waals surface area contributed by atoms with E-state index >= 15 is 0 Å². The minimum atomic E-state index is 0. The van der Waals surface area contributed by atoms with Crippen molar-refractivity contribution in [2.45, 2.75) is 0 Å². The summed E-state index contributed by atoms with van der Waals surface area (Å²) in [6, 6.07) is 24.2. The Morgan fingerprint density at radius 2 is 1.43 bits per heavy atom. The topological polar surface area (TPSA) is 74.4 Å². The number of H-pyrrole nitrogens is 2. The van der Waals surface area contributed by atoms with Crippen LogP contribution >= 0.6 is 11.3 Å². The molecule has 0 bridgehead atoms. The van der Waals surface area contributed by atoms with Crippen LogP contribution in [0.25, 0.3) is 31.7 Å². The molecule has 0 atom stereocenters. The number of pyridine rings is 1. The Labute approximate surface area is 170 Å². The number of thiazole rings is 1. The number of aromatic amines is 2. The molecule has 2 aromatic heterocycles. The molecule has 2 heterocycles. The van der Waals surface area contributed by atoms with Crippen molar-refractivity contribution in [1.29, 1.82) is 0 Å². The quantitative estimate of drug-likeness (QED) is 0.419. The van der Waals surface area contributed by atoms with Gasteiger partial charge in [0.15, 0.2) is 6.20 Å². The van der Waals surface area contributed by atoms with Crippen molar-refractivity contribution in [3.8, 4) is 22.1 Å². The fourth-order valence-electron chi connectivity index (χ4n) is 2.82. The Morgan fingerprint density at radius 1 is 0.714 bits per heavy atom. The fourth-order valence-corrected chi connectivity index (χ4v) is 3.85. The first kappa shape index (κ1) is 19.5. The molecule has 0 saturated heterocycles. The van der Waals surface area contributed by atoms with E-state index in [9.17, 15) is 10.2 Å². The summed E-state index contributed by atoms with van der Waals surface area (Å²) in [6.07, 6.45) is 1.75. The molecule has 0 spiro atoms. The van der Waals surface area contributed by atoms with Crippen LogP contribution in [0, 0.1) is 0 Å². The van der Waals surface area contributed by atoms with E-state index in [1.165, 1.54) is 4.70 Å². The number of aromatic nitrogens is 2. The molecular weight excluding hydrogens is 365 g/mol. The summed E-state index contributed by atoms with van der Waals surface area (Å²) >= 11 is 1.61. The largest absolute Gasteiger partial charge is 2.00 e. The first-order valence-electron chi connectivity index (χ1n) is 8.46. The van der Waals surface area contributed by atoms with Crippen molar-refractivity contribution in [2.75, 3.05) is 0 Å². The molecular formula is C22H16BeN2O2S+2. The van der Waals surface area contributed by atoms with Crippen LogP contribution in [0.4, 0.5) is 0 Å². The molecule has 5 rings (SSSR count). The summed E-state index contributed by atoms with van der Waals surface area (Å²) in [6.45, 7) is 0. The number of rotatable bonds is 1. The summed E-state index contributed by atoms with van der Waals surface area (Å²) in [5.41, 5.74) is 2.49. The van der Waals surface area contributed by atoms with Gasteiger partial charge in [0.25, 0.3) is 5.01 Å². The molecule has 0 aliphatic carbocycles. The van der Waals surface area contributed by atoms with E-state index in [0.717, 1.165) is 21.5 Å². The van der Waals surface area contributed by atoms with Gasteiger partial charge in [-0.05, 0) is 30.0 Å². The number of fused-ring (bicyclic) bond motifs is 2. The second-order valence-corrected chi connectivity index (χ2v) is 6.99. The summed E-state index contributed by atoms with van der Waals surface area (Å²) in [5.74, 6) is 0.105. The van der Waals surface area contributed by atoms with E-state index in [0.29, 0.717) is 5.52 Å². The molecule has 28 heavy (non-hydrogen) atoms. The zero-order chi connectivity index (χ0) is 18.6. The number of hydrogen-bond acceptors (Lipinski definition) is 3. The molecule has 2 N–H and O–H groups in total. The van der Waals surface area contributed by atoms with Gasteiger partial charge in [0.05, 0.1) is 0 Å². The number of para-hydroxylation sites is 3. The van der Waals surface area contributed by atoms with Crippen LogP contribution in [0.5, 0.6) is 11.5 Å². The first-order valence-corrected chi connectivity index (χ1v) is 9.28. The van der Waals surface area contributed by atoms with Crippen molar-refractivity contribution in [2.24, 2.45) is 0 Å². The molecule has 132 valence electrons. The van der Waals surface area contributed by atoms with E-state index in [1.807, 2.05) is 54.6 Å². The van der Waals surface area contributed by atoms with Crippen LogP contribution in [0.15, 0.2) is 85.1 Å². The van der Waals surface area contributed by atoms with Crippen molar-refractivity contribution in [1.82, 2.24) is 0 Å². The molecule has 4 nitrogen and oxygen atoms in total. The summed E-state index contributed by atoms with van der Waals surface area (Å²) < 4.78 is 1.17. The molecule has 0 saturated carbocycles. The Hall–Kier alpha value is -3.27. The molecule has 0 radical (unpaired) electrons. The normalized spacial score (nSPS) is 10.1. The predicted molar refractivity (Wildman–Crippen MR) is 109 cm³/mol. The third kappa shape index (κ3) is 4.01. The van der Waals surface area contributed by atoms with Gasteiger partial charge < -0.3 is 10.2 Å². The maximum atomic E-state index is 11.7. The number of nitrogens with one attached hydrogen (secondary N) is 2. The zero-order valence-electron chi connectivity index (χ0n) is 15.0. The second kappa shape index (κ2) is 8.61. The maximum Gasteiger partial charge on any atom is 2.00 e. The second-order valence-electron chi connectivity index (χ2n) is 5.94. The molecule has 5 aromatic rings. The van der Waals surface area contributed by atoms with Crippen molar-refractivity contribution < 1.29 is 20.2 Å². The van der Waals surface area contributed by atoms with E-state index in [-0.39, 0.29) is 21.6 Å². The minimum absolute atomic E-state index is 0. The van der Waals surface area contributed by atoms with Crippen LogP contribution in [-0.2, 0) is 0 Å². The molecule has 0 unspecified atom stereocenters. The third-order valence-corrected chi connectivity index (χ3v) is 5.24. The smallest absolute Gasteiger partial charge is 0.872 e. The van der Waals surface area contributed by atoms with Gasteiger partial charge in [-0.1, -0.05) is 59.6 Å². The molecule has 3 aromatic carbocycles. The summed E-state index contributed by atoms with van der Waals surface area (Å²) in [4.78, 5) is 6.18. The summed E-state index contributed by atoms with van der Waals surface area (Å²) in [5, 5.41) is 24.7. The van der Waals surface area contributed by atoms with Crippen LogP contribution in [0.1, 0.15) is 0 Å². The zero-order valence-corrected chi connectivity index (χ0v) is 15.8. The summed E-state index contributed by atoms with van der Waals surface area (Å²) in [7, 11) is 0. The monoisotopic (exact) mass is 381 g/mol. The Kier molecular flexibility index (Phi) is 5.99. The predicted octanol–water partition coefficient (Wildman–Crippen LogP) is 2.80. The molecule has 0 amide bonds.